The number of nitrogens with one attached hydrogen (secondary N) is 1. The van der Waals surface area contributed by atoms with Crippen molar-refractivity contribution in [2.45, 2.75) is 45.8 Å². The summed E-state index contributed by atoms with van der Waals surface area (Å²) in [5, 5.41) is 3.94. The maximum absolute atomic E-state index is 6.26. The zero-order valence-electron chi connectivity index (χ0n) is 12.1. The minimum Gasteiger partial charge on any atom is -0.490 e. The molecule has 1 aliphatic rings. The second-order valence-corrected chi connectivity index (χ2v) is 6.16. The highest BCUT2D eigenvalue weighted by atomic mass is 35.5. The molecule has 0 aromatic heterocycles. The predicted octanol–water partition coefficient (Wildman–Crippen LogP) is 4.26. The zero-order valence-corrected chi connectivity index (χ0v) is 12.8. The first-order chi connectivity index (χ1) is 9.11. The van der Waals surface area contributed by atoms with Crippen molar-refractivity contribution in [3.05, 3.63) is 28.8 Å². The van der Waals surface area contributed by atoms with E-state index in [0.29, 0.717) is 6.10 Å². The molecule has 106 valence electrons. The molecule has 1 aromatic carbocycles. The van der Waals surface area contributed by atoms with E-state index in [4.69, 9.17) is 16.3 Å². The largest absolute Gasteiger partial charge is 0.490 e. The van der Waals surface area contributed by atoms with E-state index in [1.165, 1.54) is 6.42 Å². The van der Waals surface area contributed by atoms with Crippen LogP contribution in [0.3, 0.4) is 0 Å². The molecule has 1 saturated carbocycles. The molecule has 3 heteroatoms. The van der Waals surface area contributed by atoms with Gasteiger partial charge in [0.1, 0.15) is 5.75 Å². The zero-order chi connectivity index (χ0) is 13.8. The molecule has 0 amide bonds. The van der Waals surface area contributed by atoms with Crippen molar-refractivity contribution in [2.75, 3.05) is 7.05 Å². The van der Waals surface area contributed by atoms with Gasteiger partial charge in [0.15, 0.2) is 0 Å². The van der Waals surface area contributed by atoms with Gasteiger partial charge in [-0.15, -0.1) is 0 Å². The Hall–Kier alpha value is -0.730. The van der Waals surface area contributed by atoms with E-state index in [2.05, 4.69) is 19.2 Å². The Balaban J connectivity index is 2.08. The van der Waals surface area contributed by atoms with Gasteiger partial charge in [-0.25, -0.2) is 0 Å². The summed E-state index contributed by atoms with van der Waals surface area (Å²) >= 11 is 6.26. The Morgan fingerprint density at radius 1 is 1.26 bits per heavy atom. The molecule has 1 aliphatic carbocycles. The monoisotopic (exact) mass is 281 g/mol. The van der Waals surface area contributed by atoms with E-state index in [1.54, 1.807) is 0 Å². The second kappa shape index (κ2) is 6.62. The molecular formula is C16H24ClNO. The lowest BCUT2D eigenvalue weighted by atomic mass is 9.80. The first-order valence-electron chi connectivity index (χ1n) is 7.20. The molecule has 19 heavy (non-hydrogen) atoms. The van der Waals surface area contributed by atoms with E-state index in [1.807, 2.05) is 25.2 Å². The lowest BCUT2D eigenvalue weighted by Gasteiger charge is -2.32. The molecule has 0 aliphatic heterocycles. The summed E-state index contributed by atoms with van der Waals surface area (Å²) in [5.41, 5.74) is 1.07. The smallest absolute Gasteiger partial charge is 0.125 e. The number of ether oxygens (including phenoxy) is 1. The van der Waals surface area contributed by atoms with Crippen LogP contribution in [-0.2, 0) is 6.54 Å². The van der Waals surface area contributed by atoms with Gasteiger partial charge in [-0.2, -0.15) is 0 Å². The molecule has 1 fully saturated rings. The third-order valence-corrected chi connectivity index (χ3v) is 4.63. The van der Waals surface area contributed by atoms with Crippen molar-refractivity contribution in [3.63, 3.8) is 0 Å². The summed E-state index contributed by atoms with van der Waals surface area (Å²) in [4.78, 5) is 0. The average molecular weight is 282 g/mol. The van der Waals surface area contributed by atoms with Crippen molar-refractivity contribution in [2.24, 2.45) is 11.8 Å². The first kappa shape index (κ1) is 14.7. The minimum atomic E-state index is 0.334. The Bertz CT molecular complexity index is 421. The van der Waals surface area contributed by atoms with Crippen molar-refractivity contribution in [1.82, 2.24) is 5.32 Å². The van der Waals surface area contributed by atoms with Crippen LogP contribution in [0.5, 0.6) is 5.75 Å². The Labute approximate surface area is 121 Å². The Kier molecular flexibility index (Phi) is 5.12. The van der Waals surface area contributed by atoms with Crippen molar-refractivity contribution in [3.8, 4) is 5.75 Å². The van der Waals surface area contributed by atoms with Gasteiger partial charge in [0, 0.05) is 17.1 Å². The molecule has 2 nitrogen and oxygen atoms in total. The van der Waals surface area contributed by atoms with E-state index in [9.17, 15) is 0 Å². The predicted molar refractivity (Wildman–Crippen MR) is 80.8 cm³/mol. The fraction of sp³-hybridized carbons (Fsp3) is 0.625. The molecule has 1 aromatic rings. The summed E-state index contributed by atoms with van der Waals surface area (Å²) in [6.07, 6.45) is 3.89. The van der Waals surface area contributed by atoms with Crippen LogP contribution >= 0.6 is 11.6 Å². The third-order valence-electron chi connectivity index (χ3n) is 4.27. The van der Waals surface area contributed by atoms with Gasteiger partial charge in [0.25, 0.3) is 0 Å². The lowest BCUT2D eigenvalue weighted by Crippen LogP contribution is -2.29. The van der Waals surface area contributed by atoms with Crippen LogP contribution < -0.4 is 10.1 Å². The second-order valence-electron chi connectivity index (χ2n) is 5.75. The van der Waals surface area contributed by atoms with Gasteiger partial charge in [-0.3, -0.25) is 0 Å². The summed E-state index contributed by atoms with van der Waals surface area (Å²) in [6.45, 7) is 5.41. The summed E-state index contributed by atoms with van der Waals surface area (Å²) in [5.74, 6) is 2.50. The normalized spacial score (nSPS) is 27.3. The van der Waals surface area contributed by atoms with Gasteiger partial charge in [0.05, 0.1) is 6.10 Å². The van der Waals surface area contributed by atoms with Crippen LogP contribution in [0.2, 0.25) is 5.02 Å². The summed E-state index contributed by atoms with van der Waals surface area (Å²) in [6, 6.07) is 5.92. The molecule has 3 unspecified atom stereocenters. The number of hydrogen-bond donors (Lipinski definition) is 1. The maximum Gasteiger partial charge on any atom is 0.125 e. The molecule has 2 rings (SSSR count). The SMILES string of the molecule is CNCc1c(Cl)cccc1OC1CCC(C)C(C)C1. The van der Waals surface area contributed by atoms with Crippen molar-refractivity contribution in [1.29, 1.82) is 0 Å². The van der Waals surface area contributed by atoms with E-state index in [-0.39, 0.29) is 0 Å². The van der Waals surface area contributed by atoms with Gasteiger partial charge in [-0.1, -0.05) is 31.5 Å². The van der Waals surface area contributed by atoms with Gasteiger partial charge in [-0.05, 0) is 50.3 Å². The van der Waals surface area contributed by atoms with Crippen molar-refractivity contribution < 1.29 is 4.74 Å². The van der Waals surface area contributed by atoms with Gasteiger partial charge in [0.2, 0.25) is 0 Å². The highest BCUT2D eigenvalue weighted by Gasteiger charge is 2.26. The van der Waals surface area contributed by atoms with E-state index in [0.717, 1.165) is 47.6 Å². The van der Waals surface area contributed by atoms with Crippen LogP contribution in [-0.4, -0.2) is 13.2 Å². The number of hydrogen-bond acceptors (Lipinski definition) is 2. The third kappa shape index (κ3) is 3.64. The molecule has 0 saturated heterocycles. The molecule has 0 heterocycles. The minimum absolute atomic E-state index is 0.334. The quantitative estimate of drug-likeness (QED) is 0.890. The molecular weight excluding hydrogens is 258 g/mol. The maximum atomic E-state index is 6.26. The van der Waals surface area contributed by atoms with Crippen LogP contribution in [0.4, 0.5) is 0 Å². The van der Waals surface area contributed by atoms with Crippen LogP contribution in [0.15, 0.2) is 18.2 Å². The van der Waals surface area contributed by atoms with E-state index < -0.39 is 0 Å². The highest BCUT2D eigenvalue weighted by Crippen LogP contribution is 2.34. The molecule has 0 bridgehead atoms. The Morgan fingerprint density at radius 3 is 2.74 bits per heavy atom. The van der Waals surface area contributed by atoms with Crippen LogP contribution in [0, 0.1) is 11.8 Å². The average Bonchev–Trinajstić information content (AvgIpc) is 2.38. The van der Waals surface area contributed by atoms with E-state index >= 15 is 0 Å². The lowest BCUT2D eigenvalue weighted by molar-refractivity contribution is 0.0996. The van der Waals surface area contributed by atoms with Crippen molar-refractivity contribution >= 4 is 11.6 Å². The standard InChI is InChI=1S/C16H24ClNO/c1-11-7-8-13(9-12(11)2)19-16-6-4-5-15(17)14(16)10-18-3/h4-6,11-13,18H,7-10H2,1-3H3. The molecule has 0 radical (unpaired) electrons. The fourth-order valence-corrected chi connectivity index (χ4v) is 3.02. The summed E-state index contributed by atoms with van der Waals surface area (Å²) < 4.78 is 6.21. The molecule has 1 N–H and O–H groups in total. The molecule has 3 atom stereocenters. The van der Waals surface area contributed by atoms with Gasteiger partial charge < -0.3 is 10.1 Å². The number of benzene rings is 1. The topological polar surface area (TPSA) is 21.3 Å². The highest BCUT2D eigenvalue weighted by molar-refractivity contribution is 6.31. The molecule has 0 spiro atoms. The summed E-state index contributed by atoms with van der Waals surface area (Å²) in [7, 11) is 1.93. The first-order valence-corrected chi connectivity index (χ1v) is 7.58. The van der Waals surface area contributed by atoms with Gasteiger partial charge >= 0.3 is 0 Å². The number of rotatable bonds is 4. The number of halogens is 1. The Morgan fingerprint density at radius 2 is 2.05 bits per heavy atom. The fourth-order valence-electron chi connectivity index (χ4n) is 2.78. The van der Waals surface area contributed by atoms with Crippen LogP contribution in [0.1, 0.15) is 38.7 Å². The van der Waals surface area contributed by atoms with Crippen LogP contribution in [0.25, 0.3) is 0 Å².